The third kappa shape index (κ3) is 4.71. The van der Waals surface area contributed by atoms with Gasteiger partial charge < -0.3 is 19.9 Å². The smallest absolute Gasteiger partial charge is 0.225 e. The summed E-state index contributed by atoms with van der Waals surface area (Å²) >= 11 is 0. The van der Waals surface area contributed by atoms with E-state index in [9.17, 15) is 9.59 Å². The standard InChI is InChI=1S/C22H30N4O3/c1-29-17-8-9-18-19(11-17)25-20(24-18)12-23-22(28)16-7-10-21(27)26(14-16)13-15-5-3-2-4-6-15/h8-9,11,15-16H,2-7,10,12-14H2,1H3,(H,23,28)(H,24,25). The van der Waals surface area contributed by atoms with Crippen molar-refractivity contribution in [1.82, 2.24) is 20.2 Å². The van der Waals surface area contributed by atoms with Gasteiger partial charge in [-0.15, -0.1) is 0 Å². The molecule has 0 radical (unpaired) electrons. The summed E-state index contributed by atoms with van der Waals surface area (Å²) in [5.74, 6) is 2.15. The molecule has 2 N–H and O–H groups in total. The van der Waals surface area contributed by atoms with Crippen LogP contribution in [0.4, 0.5) is 0 Å². The highest BCUT2D eigenvalue weighted by Crippen LogP contribution is 2.27. The Morgan fingerprint density at radius 3 is 2.90 bits per heavy atom. The van der Waals surface area contributed by atoms with E-state index in [1.54, 1.807) is 7.11 Å². The van der Waals surface area contributed by atoms with Crippen molar-refractivity contribution >= 4 is 22.8 Å². The highest BCUT2D eigenvalue weighted by molar-refractivity contribution is 5.84. The van der Waals surface area contributed by atoms with E-state index in [0.717, 1.165) is 23.3 Å². The Morgan fingerprint density at radius 2 is 2.10 bits per heavy atom. The Morgan fingerprint density at radius 1 is 1.28 bits per heavy atom. The summed E-state index contributed by atoms with van der Waals surface area (Å²) < 4.78 is 5.23. The van der Waals surface area contributed by atoms with Crippen molar-refractivity contribution in [3.63, 3.8) is 0 Å². The topological polar surface area (TPSA) is 87.3 Å². The van der Waals surface area contributed by atoms with Gasteiger partial charge in [0.1, 0.15) is 11.6 Å². The fourth-order valence-corrected chi connectivity index (χ4v) is 4.55. The Labute approximate surface area is 171 Å². The van der Waals surface area contributed by atoms with Gasteiger partial charge in [0.25, 0.3) is 0 Å². The fourth-order valence-electron chi connectivity index (χ4n) is 4.55. The van der Waals surface area contributed by atoms with Crippen molar-refractivity contribution in [2.75, 3.05) is 20.2 Å². The molecule has 7 heteroatoms. The molecule has 7 nitrogen and oxygen atoms in total. The number of benzene rings is 1. The van der Waals surface area contributed by atoms with Crippen LogP contribution in [0.2, 0.25) is 0 Å². The molecule has 156 valence electrons. The molecule has 1 saturated carbocycles. The molecule has 0 spiro atoms. The highest BCUT2D eigenvalue weighted by atomic mass is 16.5. The van der Waals surface area contributed by atoms with Gasteiger partial charge in [-0.05, 0) is 37.3 Å². The van der Waals surface area contributed by atoms with Gasteiger partial charge in [0.2, 0.25) is 11.8 Å². The average molecular weight is 399 g/mol. The second-order valence-corrected chi connectivity index (χ2v) is 8.32. The molecule has 0 bridgehead atoms. The summed E-state index contributed by atoms with van der Waals surface area (Å²) in [5.41, 5.74) is 1.73. The summed E-state index contributed by atoms with van der Waals surface area (Å²) in [6, 6.07) is 5.65. The molecule has 2 aliphatic rings. The molecule has 1 unspecified atom stereocenters. The molecule has 2 amide bonds. The van der Waals surface area contributed by atoms with Gasteiger partial charge in [0, 0.05) is 25.6 Å². The third-order valence-electron chi connectivity index (χ3n) is 6.24. The summed E-state index contributed by atoms with van der Waals surface area (Å²) in [6.45, 7) is 1.70. The van der Waals surface area contributed by atoms with Crippen LogP contribution in [-0.4, -0.2) is 46.9 Å². The van der Waals surface area contributed by atoms with Crippen molar-refractivity contribution in [2.45, 2.75) is 51.5 Å². The van der Waals surface area contributed by atoms with Gasteiger partial charge >= 0.3 is 0 Å². The predicted molar refractivity (Wildman–Crippen MR) is 110 cm³/mol. The minimum absolute atomic E-state index is 0.00387. The summed E-state index contributed by atoms with van der Waals surface area (Å²) in [7, 11) is 1.63. The maximum absolute atomic E-state index is 12.7. The molecule has 1 aromatic carbocycles. The van der Waals surface area contributed by atoms with E-state index in [1.807, 2.05) is 23.1 Å². The number of aromatic amines is 1. The number of hydrogen-bond acceptors (Lipinski definition) is 4. The van der Waals surface area contributed by atoms with Crippen molar-refractivity contribution in [1.29, 1.82) is 0 Å². The number of carbonyl (C=O) groups excluding carboxylic acids is 2. The normalized spacial score (nSPS) is 20.8. The number of H-pyrrole nitrogens is 1. The lowest BCUT2D eigenvalue weighted by Crippen LogP contribution is -2.47. The van der Waals surface area contributed by atoms with Crippen LogP contribution >= 0.6 is 0 Å². The first-order valence-electron chi connectivity index (χ1n) is 10.7. The molecule has 4 rings (SSSR count). The number of likely N-dealkylation sites (tertiary alicyclic amines) is 1. The Bertz CT molecular complexity index is 872. The van der Waals surface area contributed by atoms with Crippen LogP contribution in [-0.2, 0) is 16.1 Å². The van der Waals surface area contributed by atoms with Crippen molar-refractivity contribution in [2.24, 2.45) is 11.8 Å². The number of methoxy groups -OCH3 is 1. The molecular formula is C22H30N4O3. The average Bonchev–Trinajstić information content (AvgIpc) is 3.16. The van der Waals surface area contributed by atoms with Crippen LogP contribution < -0.4 is 10.1 Å². The zero-order chi connectivity index (χ0) is 20.2. The molecule has 1 atom stereocenters. The maximum atomic E-state index is 12.7. The number of hydrogen-bond donors (Lipinski definition) is 2. The Kier molecular flexibility index (Phi) is 6.02. The van der Waals surface area contributed by atoms with Crippen LogP contribution in [0.15, 0.2) is 18.2 Å². The van der Waals surface area contributed by atoms with E-state index in [0.29, 0.717) is 37.7 Å². The van der Waals surface area contributed by atoms with Gasteiger partial charge in [0.15, 0.2) is 0 Å². The number of carbonyl (C=O) groups is 2. The number of amides is 2. The molecular weight excluding hydrogens is 368 g/mol. The summed E-state index contributed by atoms with van der Waals surface area (Å²) in [4.78, 5) is 34.7. The van der Waals surface area contributed by atoms with Crippen molar-refractivity contribution in [3.8, 4) is 5.75 Å². The van der Waals surface area contributed by atoms with Crippen LogP contribution in [0.1, 0.15) is 50.8 Å². The number of ether oxygens (including phenoxy) is 1. The van der Waals surface area contributed by atoms with Gasteiger partial charge in [0.05, 0.1) is 30.6 Å². The number of imidazole rings is 1. The quantitative estimate of drug-likeness (QED) is 0.783. The summed E-state index contributed by atoms with van der Waals surface area (Å²) in [5, 5.41) is 3.00. The van der Waals surface area contributed by atoms with Crippen LogP contribution in [0.3, 0.4) is 0 Å². The van der Waals surface area contributed by atoms with E-state index in [4.69, 9.17) is 4.74 Å². The number of fused-ring (bicyclic) bond motifs is 1. The molecule has 1 aromatic heterocycles. The second-order valence-electron chi connectivity index (χ2n) is 8.32. The molecule has 2 fully saturated rings. The second kappa shape index (κ2) is 8.84. The summed E-state index contributed by atoms with van der Waals surface area (Å²) in [6.07, 6.45) is 7.34. The highest BCUT2D eigenvalue weighted by Gasteiger charge is 2.31. The molecule has 1 saturated heterocycles. The molecule has 2 heterocycles. The van der Waals surface area contributed by atoms with Gasteiger partial charge in [-0.25, -0.2) is 4.98 Å². The van der Waals surface area contributed by atoms with Gasteiger partial charge in [-0.2, -0.15) is 0 Å². The number of nitrogens with one attached hydrogen (secondary N) is 2. The molecule has 1 aliphatic carbocycles. The molecule has 29 heavy (non-hydrogen) atoms. The SMILES string of the molecule is COc1ccc2nc(CNC(=O)C3CCC(=O)N(CC4CCCCC4)C3)[nH]c2c1. The zero-order valence-electron chi connectivity index (χ0n) is 17.1. The lowest BCUT2D eigenvalue weighted by atomic mass is 9.87. The molecule has 2 aromatic rings. The largest absolute Gasteiger partial charge is 0.497 e. The number of rotatable bonds is 6. The fraction of sp³-hybridized carbons (Fsp3) is 0.591. The zero-order valence-corrected chi connectivity index (χ0v) is 17.1. The van der Waals surface area contributed by atoms with Crippen LogP contribution in [0.5, 0.6) is 5.75 Å². The van der Waals surface area contributed by atoms with Crippen molar-refractivity contribution in [3.05, 3.63) is 24.0 Å². The number of nitrogens with zero attached hydrogens (tertiary/aromatic N) is 2. The first kappa shape index (κ1) is 19.7. The monoisotopic (exact) mass is 398 g/mol. The van der Waals surface area contributed by atoms with E-state index in [2.05, 4.69) is 15.3 Å². The first-order chi connectivity index (χ1) is 14.1. The predicted octanol–water partition coefficient (Wildman–Crippen LogP) is 3.01. The number of aromatic nitrogens is 2. The first-order valence-corrected chi connectivity index (χ1v) is 10.7. The van der Waals surface area contributed by atoms with E-state index in [-0.39, 0.29) is 17.7 Å². The van der Waals surface area contributed by atoms with Crippen LogP contribution in [0.25, 0.3) is 11.0 Å². The van der Waals surface area contributed by atoms with Gasteiger partial charge in [-0.1, -0.05) is 19.3 Å². The lowest BCUT2D eigenvalue weighted by molar-refractivity contribution is -0.139. The lowest BCUT2D eigenvalue weighted by Gasteiger charge is -2.35. The third-order valence-corrected chi connectivity index (χ3v) is 6.24. The van der Waals surface area contributed by atoms with E-state index in [1.165, 1.54) is 32.1 Å². The minimum Gasteiger partial charge on any atom is -0.497 e. The Balaban J connectivity index is 1.32. The molecule has 1 aliphatic heterocycles. The van der Waals surface area contributed by atoms with E-state index >= 15 is 0 Å². The van der Waals surface area contributed by atoms with E-state index < -0.39 is 0 Å². The minimum atomic E-state index is -0.138. The van der Waals surface area contributed by atoms with Gasteiger partial charge in [-0.3, -0.25) is 9.59 Å². The van der Waals surface area contributed by atoms with Crippen molar-refractivity contribution < 1.29 is 14.3 Å². The maximum Gasteiger partial charge on any atom is 0.225 e. The Hall–Kier alpha value is -2.57. The number of piperidine rings is 1. The van der Waals surface area contributed by atoms with Crippen LogP contribution in [0, 0.1) is 11.8 Å².